The number of rotatable bonds is 13. The van der Waals surface area contributed by atoms with E-state index in [4.69, 9.17) is 5.73 Å². The third-order valence-electron chi connectivity index (χ3n) is 9.19. The maximum atomic E-state index is 14.0. The van der Waals surface area contributed by atoms with Gasteiger partial charge in [-0.05, 0) is 77.3 Å². The molecule has 5 N–H and O–H groups in total. The van der Waals surface area contributed by atoms with E-state index in [0.29, 0.717) is 11.3 Å². The van der Waals surface area contributed by atoms with Gasteiger partial charge in [-0.1, -0.05) is 50.3 Å². The number of benzene rings is 2. The molecule has 13 heteroatoms. The highest BCUT2D eigenvalue weighted by molar-refractivity contribution is 7.90. The normalized spacial score (nSPS) is 15.5. The molecule has 1 unspecified atom stereocenters. The molecule has 0 saturated heterocycles. The molecule has 2 rings (SSSR count). The molecule has 0 aromatic heterocycles. The molecule has 2 aromatic carbocycles. The van der Waals surface area contributed by atoms with Crippen molar-refractivity contribution in [2.75, 3.05) is 19.8 Å². The van der Waals surface area contributed by atoms with E-state index in [0.717, 1.165) is 4.90 Å². The molecular formula is C34H49N5O7S. The first kappa shape index (κ1) is 38.8. The molecule has 0 aliphatic heterocycles. The number of carbonyl (C=O) groups excluding carboxylic acids is 3. The van der Waals surface area contributed by atoms with Crippen LogP contribution < -0.4 is 15.8 Å². The number of sulfonamides is 1. The number of nitrogens with zero attached hydrogens (tertiary/aromatic N) is 2. The average Bonchev–Trinajstić information content (AvgIpc) is 3.01. The maximum absolute atomic E-state index is 14.0. The van der Waals surface area contributed by atoms with E-state index >= 15 is 0 Å². The number of carbonyl (C=O) groups is 4. The van der Waals surface area contributed by atoms with Gasteiger partial charge >= 0.3 is 6.09 Å². The lowest BCUT2D eigenvalue weighted by Gasteiger charge is -2.42. The summed E-state index contributed by atoms with van der Waals surface area (Å²) in [5.74, 6) is -1.79. The Morgan fingerprint density at radius 2 is 1.43 bits per heavy atom. The van der Waals surface area contributed by atoms with Gasteiger partial charge in [0, 0.05) is 31.4 Å². The minimum absolute atomic E-state index is 0.0942. The fourth-order valence-electron chi connectivity index (χ4n) is 5.19. The Balaban J connectivity index is 2.33. The molecule has 0 aliphatic rings. The lowest BCUT2D eigenvalue weighted by molar-refractivity contribution is -0.143. The molecule has 47 heavy (non-hydrogen) atoms. The van der Waals surface area contributed by atoms with Crippen LogP contribution in [-0.4, -0.2) is 79.4 Å². The van der Waals surface area contributed by atoms with E-state index in [2.05, 4.69) is 10.0 Å². The summed E-state index contributed by atoms with van der Waals surface area (Å²) in [6.07, 6.45) is 0.364. The largest absolute Gasteiger partial charge is 0.465 e. The summed E-state index contributed by atoms with van der Waals surface area (Å²) < 4.78 is 27.6. The highest BCUT2D eigenvalue weighted by Gasteiger charge is 2.46. The SMILES string of the molecule is C/C(=C\[C@H](C(C)C)N(C)C(=O)C(C)(C)[C@H](C)NC(=O)[C@](C)(c1ccccc1)C(C)N(C)C(=O)O)C(=O)NS(=O)(=O)c1ccc(N)cc1. The quantitative estimate of drug-likeness (QED) is 0.182. The number of carboxylic acid groups (broad SMARTS) is 1. The molecule has 0 fully saturated rings. The van der Waals surface area contributed by atoms with Gasteiger partial charge in [-0.2, -0.15) is 0 Å². The number of likely N-dealkylation sites (N-methyl/N-ethyl adjacent to an activating group) is 2. The van der Waals surface area contributed by atoms with Crippen molar-refractivity contribution in [1.29, 1.82) is 0 Å². The summed E-state index contributed by atoms with van der Waals surface area (Å²) in [5, 5.41) is 12.7. The molecule has 2 aromatic rings. The van der Waals surface area contributed by atoms with Gasteiger partial charge in [0.1, 0.15) is 0 Å². The predicted molar refractivity (Wildman–Crippen MR) is 182 cm³/mol. The van der Waals surface area contributed by atoms with Gasteiger partial charge in [0.15, 0.2) is 0 Å². The van der Waals surface area contributed by atoms with Crippen LogP contribution in [0.2, 0.25) is 0 Å². The highest BCUT2D eigenvalue weighted by atomic mass is 32.2. The van der Waals surface area contributed by atoms with E-state index < -0.39 is 56.9 Å². The van der Waals surface area contributed by atoms with Crippen LogP contribution in [0.15, 0.2) is 71.1 Å². The van der Waals surface area contributed by atoms with E-state index in [1.165, 1.54) is 43.1 Å². The summed E-state index contributed by atoms with van der Waals surface area (Å²) >= 11 is 0. The third-order valence-corrected chi connectivity index (χ3v) is 10.5. The van der Waals surface area contributed by atoms with E-state index in [-0.39, 0.29) is 22.3 Å². The average molecular weight is 672 g/mol. The molecule has 0 heterocycles. The van der Waals surface area contributed by atoms with Crippen molar-refractivity contribution < 1.29 is 32.7 Å². The molecule has 4 amide bonds. The molecule has 0 saturated carbocycles. The summed E-state index contributed by atoms with van der Waals surface area (Å²) in [7, 11) is -1.16. The molecule has 0 radical (unpaired) electrons. The maximum Gasteiger partial charge on any atom is 0.407 e. The smallest absolute Gasteiger partial charge is 0.407 e. The first-order valence-electron chi connectivity index (χ1n) is 15.3. The van der Waals surface area contributed by atoms with Crippen LogP contribution in [0.5, 0.6) is 0 Å². The van der Waals surface area contributed by atoms with Gasteiger partial charge in [0.05, 0.1) is 27.8 Å². The summed E-state index contributed by atoms with van der Waals surface area (Å²) in [6.45, 7) is 13.6. The number of nitrogens with one attached hydrogen (secondary N) is 2. The van der Waals surface area contributed by atoms with Crippen molar-refractivity contribution in [1.82, 2.24) is 19.8 Å². The van der Waals surface area contributed by atoms with Gasteiger partial charge < -0.3 is 26.0 Å². The number of hydrogen-bond donors (Lipinski definition) is 4. The van der Waals surface area contributed by atoms with Crippen molar-refractivity contribution in [3.05, 3.63) is 71.8 Å². The molecule has 12 nitrogen and oxygen atoms in total. The van der Waals surface area contributed by atoms with Crippen LogP contribution in [0.3, 0.4) is 0 Å². The standard InChI is InChI=1S/C34H49N5O7S/c1-21(2)28(20-22(3)29(40)37-47(45,46)27-18-16-26(35)17-19-27)39(10)31(42)33(6,7)23(4)36-30(41)34(8,24(5)38(9)32(43)44)25-14-12-11-13-15-25/h11-21,23-24,28H,35H2,1-10H3,(H,36,41)(H,37,40)(H,43,44)/b22-20+/t23-,24?,28+,34-/m0/s1. The molecule has 0 spiro atoms. The number of nitrogens with two attached hydrogens (primary N) is 1. The summed E-state index contributed by atoms with van der Waals surface area (Å²) in [4.78, 5) is 55.3. The Hall–Kier alpha value is -4.39. The van der Waals surface area contributed by atoms with Crippen molar-refractivity contribution >= 4 is 39.5 Å². The van der Waals surface area contributed by atoms with Gasteiger partial charge in [-0.15, -0.1) is 0 Å². The van der Waals surface area contributed by atoms with Gasteiger partial charge in [0.2, 0.25) is 11.8 Å². The summed E-state index contributed by atoms with van der Waals surface area (Å²) in [6, 6.07) is 12.2. The van der Waals surface area contributed by atoms with Crippen molar-refractivity contribution in [3.63, 3.8) is 0 Å². The fourth-order valence-corrected chi connectivity index (χ4v) is 6.21. The first-order chi connectivity index (χ1) is 21.6. The van der Waals surface area contributed by atoms with E-state index in [1.807, 2.05) is 13.8 Å². The predicted octanol–water partition coefficient (Wildman–Crippen LogP) is 3.99. The van der Waals surface area contributed by atoms with Gasteiger partial charge in [-0.25, -0.2) is 17.9 Å². The number of amides is 4. The zero-order chi connectivity index (χ0) is 36.1. The molecule has 4 atom stereocenters. The lowest BCUT2D eigenvalue weighted by Crippen LogP contribution is -2.60. The van der Waals surface area contributed by atoms with Crippen molar-refractivity contribution in [3.8, 4) is 0 Å². The van der Waals surface area contributed by atoms with Gasteiger partial charge in [0.25, 0.3) is 15.9 Å². The zero-order valence-electron chi connectivity index (χ0n) is 28.9. The Kier molecular flexibility index (Phi) is 12.4. The van der Waals surface area contributed by atoms with Crippen LogP contribution in [-0.2, 0) is 29.8 Å². The second-order valence-corrected chi connectivity index (χ2v) is 14.7. The third kappa shape index (κ3) is 8.70. The second-order valence-electron chi connectivity index (χ2n) is 13.1. The summed E-state index contributed by atoms with van der Waals surface area (Å²) in [5.41, 5.74) is 4.27. The second kappa shape index (κ2) is 15.0. The molecule has 0 aliphatic carbocycles. The van der Waals surface area contributed by atoms with Crippen molar-refractivity contribution in [2.45, 2.75) is 83.8 Å². The first-order valence-corrected chi connectivity index (χ1v) is 16.8. The molecular weight excluding hydrogens is 622 g/mol. The zero-order valence-corrected chi connectivity index (χ0v) is 29.7. The lowest BCUT2D eigenvalue weighted by atomic mass is 9.74. The van der Waals surface area contributed by atoms with Crippen LogP contribution in [0, 0.1) is 11.3 Å². The monoisotopic (exact) mass is 671 g/mol. The van der Waals surface area contributed by atoms with E-state index in [9.17, 15) is 32.7 Å². The topological polar surface area (TPSA) is 179 Å². The molecule has 258 valence electrons. The van der Waals surface area contributed by atoms with Gasteiger partial charge in [-0.3, -0.25) is 14.4 Å². The number of anilines is 1. The van der Waals surface area contributed by atoms with Crippen LogP contribution in [0.4, 0.5) is 10.5 Å². The fraction of sp³-hybridized carbons (Fsp3) is 0.471. The highest BCUT2D eigenvalue weighted by Crippen LogP contribution is 2.33. The number of nitrogen functional groups attached to an aromatic ring is 1. The van der Waals surface area contributed by atoms with Crippen LogP contribution >= 0.6 is 0 Å². The Bertz CT molecular complexity index is 1590. The Morgan fingerprint density at radius 3 is 1.91 bits per heavy atom. The Labute approximate surface area is 278 Å². The van der Waals surface area contributed by atoms with Crippen LogP contribution in [0.25, 0.3) is 0 Å². The van der Waals surface area contributed by atoms with E-state index in [1.54, 1.807) is 78.1 Å². The number of hydrogen-bond acceptors (Lipinski definition) is 7. The van der Waals surface area contributed by atoms with Crippen LogP contribution in [0.1, 0.15) is 61.0 Å². The van der Waals surface area contributed by atoms with Crippen molar-refractivity contribution in [2.24, 2.45) is 11.3 Å². The Morgan fingerprint density at radius 1 is 0.894 bits per heavy atom. The minimum Gasteiger partial charge on any atom is -0.465 e. The minimum atomic E-state index is -4.16. The molecule has 0 bridgehead atoms.